The number of aromatic nitrogens is 2. The SMILES string of the molecule is CNC(=O)c1cccc([C@@H]2CNCCN2CC(=O)Nc2cnn(C)c2C)c1. The number of piperazine rings is 1. The van der Waals surface area contributed by atoms with E-state index in [1.54, 1.807) is 24.0 Å². The minimum Gasteiger partial charge on any atom is -0.355 e. The average Bonchev–Trinajstić information content (AvgIpc) is 3.00. The Kier molecular flexibility index (Phi) is 5.88. The molecule has 0 aliphatic carbocycles. The van der Waals surface area contributed by atoms with Gasteiger partial charge in [0.05, 0.1) is 24.1 Å². The van der Waals surface area contributed by atoms with Crippen molar-refractivity contribution in [1.29, 1.82) is 0 Å². The molecule has 1 fully saturated rings. The second-order valence-corrected chi connectivity index (χ2v) is 6.71. The molecule has 0 spiro atoms. The van der Waals surface area contributed by atoms with Gasteiger partial charge in [-0.15, -0.1) is 0 Å². The number of amides is 2. The van der Waals surface area contributed by atoms with E-state index in [2.05, 4.69) is 25.9 Å². The molecule has 2 aromatic rings. The topological polar surface area (TPSA) is 91.3 Å². The number of hydrogen-bond donors (Lipinski definition) is 3. The van der Waals surface area contributed by atoms with E-state index >= 15 is 0 Å². The second-order valence-electron chi connectivity index (χ2n) is 6.71. The van der Waals surface area contributed by atoms with Crippen LogP contribution in [0.2, 0.25) is 0 Å². The van der Waals surface area contributed by atoms with Crippen molar-refractivity contribution in [2.75, 3.05) is 38.5 Å². The van der Waals surface area contributed by atoms with Crippen molar-refractivity contribution in [3.8, 4) is 0 Å². The van der Waals surface area contributed by atoms with Gasteiger partial charge in [-0.2, -0.15) is 5.10 Å². The zero-order valence-electron chi connectivity index (χ0n) is 16.0. The van der Waals surface area contributed by atoms with Crippen LogP contribution >= 0.6 is 0 Å². The van der Waals surface area contributed by atoms with E-state index < -0.39 is 0 Å². The maximum absolute atomic E-state index is 12.6. The standard InChI is InChI=1S/C19H26N6O2/c1-13-16(10-22-24(13)3)23-18(26)12-25-8-7-21-11-17(25)14-5-4-6-15(9-14)19(27)20-2/h4-6,9-10,17,21H,7-8,11-12H2,1-3H3,(H,20,27)(H,23,26)/t17-/m0/s1. The van der Waals surface area contributed by atoms with Crippen LogP contribution in [-0.2, 0) is 11.8 Å². The van der Waals surface area contributed by atoms with Crippen LogP contribution in [0.5, 0.6) is 0 Å². The molecule has 0 saturated carbocycles. The highest BCUT2D eigenvalue weighted by Gasteiger charge is 2.26. The Morgan fingerprint density at radius 2 is 2.19 bits per heavy atom. The van der Waals surface area contributed by atoms with Crippen molar-refractivity contribution in [1.82, 2.24) is 25.3 Å². The highest BCUT2D eigenvalue weighted by molar-refractivity contribution is 5.94. The van der Waals surface area contributed by atoms with Crippen LogP contribution < -0.4 is 16.0 Å². The zero-order chi connectivity index (χ0) is 19.4. The zero-order valence-corrected chi connectivity index (χ0v) is 16.0. The van der Waals surface area contributed by atoms with Crippen LogP contribution in [0.1, 0.15) is 27.7 Å². The summed E-state index contributed by atoms with van der Waals surface area (Å²) in [5.74, 6) is -0.183. The highest BCUT2D eigenvalue weighted by atomic mass is 16.2. The average molecular weight is 370 g/mol. The molecule has 0 unspecified atom stereocenters. The van der Waals surface area contributed by atoms with Gasteiger partial charge in [-0.1, -0.05) is 12.1 Å². The van der Waals surface area contributed by atoms with Crippen LogP contribution in [-0.4, -0.2) is 59.7 Å². The highest BCUT2D eigenvalue weighted by Crippen LogP contribution is 2.23. The lowest BCUT2D eigenvalue weighted by molar-refractivity contribution is -0.118. The van der Waals surface area contributed by atoms with Gasteiger partial charge in [-0.25, -0.2) is 0 Å². The van der Waals surface area contributed by atoms with Gasteiger partial charge in [-0.05, 0) is 24.6 Å². The molecule has 144 valence electrons. The molecular formula is C19H26N6O2. The Morgan fingerprint density at radius 1 is 1.37 bits per heavy atom. The van der Waals surface area contributed by atoms with Crippen LogP contribution in [0.3, 0.4) is 0 Å². The van der Waals surface area contributed by atoms with E-state index in [4.69, 9.17) is 0 Å². The van der Waals surface area contributed by atoms with Crippen LogP contribution in [0.15, 0.2) is 30.5 Å². The molecule has 8 nitrogen and oxygen atoms in total. The van der Waals surface area contributed by atoms with Gasteiger partial charge in [0, 0.05) is 45.3 Å². The lowest BCUT2D eigenvalue weighted by Crippen LogP contribution is -2.48. The van der Waals surface area contributed by atoms with Crippen molar-refractivity contribution in [2.24, 2.45) is 7.05 Å². The lowest BCUT2D eigenvalue weighted by Gasteiger charge is -2.36. The molecule has 3 N–H and O–H groups in total. The fourth-order valence-corrected chi connectivity index (χ4v) is 3.29. The number of hydrogen-bond acceptors (Lipinski definition) is 5. The van der Waals surface area contributed by atoms with E-state index in [0.29, 0.717) is 5.56 Å². The Bertz CT molecular complexity index is 831. The molecule has 2 heterocycles. The lowest BCUT2D eigenvalue weighted by atomic mass is 10.0. The van der Waals surface area contributed by atoms with E-state index in [-0.39, 0.29) is 24.4 Å². The fourth-order valence-electron chi connectivity index (χ4n) is 3.29. The summed E-state index contributed by atoms with van der Waals surface area (Å²) in [7, 11) is 3.46. The van der Waals surface area contributed by atoms with E-state index in [0.717, 1.165) is 36.6 Å². The Morgan fingerprint density at radius 3 is 2.89 bits per heavy atom. The first kappa shape index (κ1) is 19.1. The Labute approximate surface area is 158 Å². The number of anilines is 1. The summed E-state index contributed by atoms with van der Waals surface area (Å²) in [6.07, 6.45) is 1.66. The second kappa shape index (κ2) is 8.32. The Balaban J connectivity index is 1.73. The molecule has 1 atom stereocenters. The number of benzene rings is 1. The maximum atomic E-state index is 12.6. The summed E-state index contributed by atoms with van der Waals surface area (Å²) in [5.41, 5.74) is 3.29. The van der Waals surface area contributed by atoms with Crippen molar-refractivity contribution in [2.45, 2.75) is 13.0 Å². The molecule has 2 amide bonds. The minimum atomic E-state index is -0.114. The normalized spacial score (nSPS) is 17.5. The summed E-state index contributed by atoms with van der Waals surface area (Å²) in [5, 5.41) is 13.1. The number of aryl methyl sites for hydroxylation is 1. The van der Waals surface area contributed by atoms with Crippen molar-refractivity contribution in [3.63, 3.8) is 0 Å². The first-order valence-electron chi connectivity index (χ1n) is 9.05. The summed E-state index contributed by atoms with van der Waals surface area (Å²) < 4.78 is 1.73. The van der Waals surface area contributed by atoms with Gasteiger partial charge in [0.2, 0.25) is 5.91 Å². The summed E-state index contributed by atoms with van der Waals surface area (Å²) in [6, 6.07) is 7.60. The predicted molar refractivity (Wildman–Crippen MR) is 104 cm³/mol. The number of carbonyl (C=O) groups excluding carboxylic acids is 2. The first-order chi connectivity index (χ1) is 13.0. The van der Waals surface area contributed by atoms with Gasteiger partial charge in [0.1, 0.15) is 0 Å². The first-order valence-corrected chi connectivity index (χ1v) is 9.05. The van der Waals surface area contributed by atoms with Crippen LogP contribution in [0.4, 0.5) is 5.69 Å². The molecule has 1 aromatic carbocycles. The fraction of sp³-hybridized carbons (Fsp3) is 0.421. The Hall–Kier alpha value is -2.71. The maximum Gasteiger partial charge on any atom is 0.251 e. The summed E-state index contributed by atoms with van der Waals surface area (Å²) >= 11 is 0. The molecule has 1 aliphatic heterocycles. The third-order valence-electron chi connectivity index (χ3n) is 4.97. The predicted octanol–water partition coefficient (Wildman–Crippen LogP) is 0.673. The quantitative estimate of drug-likeness (QED) is 0.720. The number of carbonyl (C=O) groups is 2. The number of nitrogens with one attached hydrogen (secondary N) is 3. The van der Waals surface area contributed by atoms with E-state index in [9.17, 15) is 9.59 Å². The van der Waals surface area contributed by atoms with Crippen molar-refractivity contribution >= 4 is 17.5 Å². The molecule has 8 heteroatoms. The third-order valence-corrected chi connectivity index (χ3v) is 4.97. The van der Waals surface area contributed by atoms with E-state index in [1.165, 1.54) is 0 Å². The smallest absolute Gasteiger partial charge is 0.251 e. The number of rotatable bonds is 5. The van der Waals surface area contributed by atoms with Gasteiger partial charge in [0.25, 0.3) is 5.91 Å². The van der Waals surface area contributed by atoms with Crippen LogP contribution in [0.25, 0.3) is 0 Å². The minimum absolute atomic E-state index is 0.0316. The molecule has 0 bridgehead atoms. The van der Waals surface area contributed by atoms with Crippen molar-refractivity contribution in [3.05, 3.63) is 47.3 Å². The van der Waals surface area contributed by atoms with Gasteiger partial charge >= 0.3 is 0 Å². The third kappa shape index (κ3) is 4.35. The molecule has 0 radical (unpaired) electrons. The summed E-state index contributed by atoms with van der Waals surface area (Å²) in [4.78, 5) is 26.6. The van der Waals surface area contributed by atoms with Crippen LogP contribution in [0, 0.1) is 6.92 Å². The largest absolute Gasteiger partial charge is 0.355 e. The molecule has 3 rings (SSSR count). The van der Waals surface area contributed by atoms with Crippen molar-refractivity contribution < 1.29 is 9.59 Å². The number of nitrogens with zero attached hydrogens (tertiary/aromatic N) is 3. The molecule has 1 aromatic heterocycles. The molecule has 27 heavy (non-hydrogen) atoms. The molecule has 1 saturated heterocycles. The van der Waals surface area contributed by atoms with Gasteiger partial charge < -0.3 is 16.0 Å². The molecular weight excluding hydrogens is 344 g/mol. The van der Waals surface area contributed by atoms with Gasteiger partial charge in [-0.3, -0.25) is 19.2 Å². The monoisotopic (exact) mass is 370 g/mol. The summed E-state index contributed by atoms with van der Waals surface area (Å²) in [6.45, 7) is 4.51. The van der Waals surface area contributed by atoms with E-state index in [1.807, 2.05) is 32.2 Å². The molecule has 1 aliphatic rings. The van der Waals surface area contributed by atoms with Gasteiger partial charge in [0.15, 0.2) is 0 Å².